The molecule has 0 saturated carbocycles. The number of rotatable bonds is 9. The molecule has 0 radical (unpaired) electrons. The van der Waals surface area contributed by atoms with E-state index in [0.717, 1.165) is 0 Å². The number of carbonyl (C=O) groups is 1. The van der Waals surface area contributed by atoms with Crippen LogP contribution in [-0.2, 0) is 14.3 Å². The maximum absolute atomic E-state index is 12.5. The van der Waals surface area contributed by atoms with Crippen LogP contribution in [0.1, 0.15) is 27.2 Å². The molecule has 5 nitrogen and oxygen atoms in total. The lowest BCUT2D eigenvalue weighted by Gasteiger charge is -2.28. The van der Waals surface area contributed by atoms with Gasteiger partial charge in [-0.1, -0.05) is 25.4 Å². The van der Waals surface area contributed by atoms with Crippen LogP contribution in [0.25, 0.3) is 0 Å². The van der Waals surface area contributed by atoms with Crippen molar-refractivity contribution in [2.24, 2.45) is 5.92 Å². The van der Waals surface area contributed by atoms with Crippen molar-refractivity contribution in [1.82, 2.24) is 0 Å². The predicted molar refractivity (Wildman–Crippen MR) is 92.3 cm³/mol. The van der Waals surface area contributed by atoms with Gasteiger partial charge in [-0.15, -0.1) is 0 Å². The molecule has 0 aliphatic rings. The molecule has 0 heterocycles. The molecule has 6 heteroatoms. The summed E-state index contributed by atoms with van der Waals surface area (Å²) in [5, 5.41) is 3.28. The molecule has 0 saturated heterocycles. The van der Waals surface area contributed by atoms with E-state index in [1.165, 1.54) is 0 Å². The Labute approximate surface area is 143 Å². The van der Waals surface area contributed by atoms with Crippen LogP contribution < -0.4 is 10.1 Å². The number of nitrogens with one attached hydrogen (secondary N) is 1. The third kappa shape index (κ3) is 6.01. The highest BCUT2D eigenvalue weighted by Gasteiger charge is 2.33. The fourth-order valence-corrected chi connectivity index (χ4v) is 2.48. The topological polar surface area (TPSA) is 56.8 Å². The first-order chi connectivity index (χ1) is 10.8. The first-order valence-electron chi connectivity index (χ1n) is 7.60. The first kappa shape index (κ1) is 19.7. The Kier molecular flexibility index (Phi) is 7.82. The summed E-state index contributed by atoms with van der Waals surface area (Å²) in [4.78, 5) is 12.5. The van der Waals surface area contributed by atoms with Crippen LogP contribution in [0.3, 0.4) is 0 Å². The summed E-state index contributed by atoms with van der Waals surface area (Å²) in [7, 11) is 3.15. The third-order valence-corrected chi connectivity index (χ3v) is 3.76. The fraction of sp³-hybridized carbons (Fsp3) is 0.588. The van der Waals surface area contributed by atoms with Crippen LogP contribution in [0.2, 0.25) is 5.02 Å². The molecule has 0 spiro atoms. The van der Waals surface area contributed by atoms with E-state index in [1.807, 2.05) is 13.8 Å². The lowest BCUT2D eigenvalue weighted by atomic mass is 9.93. The summed E-state index contributed by atoms with van der Waals surface area (Å²) >= 11 is 6.18. The Bertz CT molecular complexity index is 521. The Morgan fingerprint density at radius 2 is 2.00 bits per heavy atom. The van der Waals surface area contributed by atoms with Gasteiger partial charge in [-0.3, -0.25) is 4.79 Å². The van der Waals surface area contributed by atoms with Gasteiger partial charge in [0.25, 0.3) is 5.91 Å². The van der Waals surface area contributed by atoms with Crippen molar-refractivity contribution in [1.29, 1.82) is 0 Å². The van der Waals surface area contributed by atoms with Crippen molar-refractivity contribution >= 4 is 23.2 Å². The zero-order valence-corrected chi connectivity index (χ0v) is 15.2. The van der Waals surface area contributed by atoms with Crippen molar-refractivity contribution in [3.63, 3.8) is 0 Å². The van der Waals surface area contributed by atoms with Crippen molar-refractivity contribution in [2.45, 2.75) is 32.8 Å². The minimum Gasteiger partial charge on any atom is -0.490 e. The molecule has 1 aromatic carbocycles. The zero-order valence-electron chi connectivity index (χ0n) is 14.4. The minimum absolute atomic E-state index is 0.196. The largest absolute Gasteiger partial charge is 0.490 e. The zero-order chi connectivity index (χ0) is 17.5. The molecule has 1 rings (SSSR count). The Hall–Kier alpha value is -1.30. The van der Waals surface area contributed by atoms with E-state index >= 15 is 0 Å². The van der Waals surface area contributed by atoms with Gasteiger partial charge in [0.2, 0.25) is 0 Å². The van der Waals surface area contributed by atoms with Crippen LogP contribution in [0.15, 0.2) is 18.2 Å². The van der Waals surface area contributed by atoms with Gasteiger partial charge in [-0.25, -0.2) is 0 Å². The number of amides is 1. The van der Waals surface area contributed by atoms with E-state index in [9.17, 15) is 4.79 Å². The monoisotopic (exact) mass is 343 g/mol. The molecular weight excluding hydrogens is 318 g/mol. The van der Waals surface area contributed by atoms with Crippen LogP contribution >= 0.6 is 11.6 Å². The van der Waals surface area contributed by atoms with Crippen LogP contribution in [-0.4, -0.2) is 38.9 Å². The average Bonchev–Trinajstić information content (AvgIpc) is 2.48. The normalized spacial score (nSPS) is 13.7. The number of halogens is 1. The molecule has 1 aromatic rings. The maximum Gasteiger partial charge on any atom is 0.256 e. The van der Waals surface area contributed by atoms with Gasteiger partial charge in [0, 0.05) is 19.9 Å². The number of benzene rings is 1. The van der Waals surface area contributed by atoms with E-state index in [0.29, 0.717) is 42.0 Å². The molecule has 0 aromatic heterocycles. The highest BCUT2D eigenvalue weighted by atomic mass is 35.5. The predicted octanol–water partition coefficient (Wildman–Crippen LogP) is 3.75. The second-order valence-corrected chi connectivity index (χ2v) is 6.38. The minimum atomic E-state index is -0.881. The Morgan fingerprint density at radius 3 is 2.52 bits per heavy atom. The van der Waals surface area contributed by atoms with Gasteiger partial charge in [0.05, 0.1) is 11.6 Å². The molecule has 1 N–H and O–H groups in total. The Morgan fingerprint density at radius 1 is 1.30 bits per heavy atom. The average molecular weight is 344 g/mol. The highest BCUT2D eigenvalue weighted by Crippen LogP contribution is 2.29. The van der Waals surface area contributed by atoms with Crippen molar-refractivity contribution < 1.29 is 19.0 Å². The molecular formula is C17H26ClNO4. The molecule has 0 aliphatic heterocycles. The van der Waals surface area contributed by atoms with Gasteiger partial charge in [0.15, 0.2) is 0 Å². The smallest absolute Gasteiger partial charge is 0.256 e. The lowest BCUT2D eigenvalue weighted by Crippen LogP contribution is -2.43. The first-order valence-corrected chi connectivity index (χ1v) is 7.98. The number of hydrogen-bond acceptors (Lipinski definition) is 4. The second-order valence-electron chi connectivity index (χ2n) is 5.97. The van der Waals surface area contributed by atoms with Crippen molar-refractivity contribution in [2.75, 3.05) is 32.8 Å². The fourth-order valence-electron chi connectivity index (χ4n) is 2.24. The molecule has 0 unspecified atom stereocenters. The van der Waals surface area contributed by atoms with E-state index < -0.39 is 5.60 Å². The van der Waals surface area contributed by atoms with Gasteiger partial charge < -0.3 is 19.5 Å². The third-order valence-electron chi connectivity index (χ3n) is 3.46. The van der Waals surface area contributed by atoms with Gasteiger partial charge >= 0.3 is 0 Å². The summed E-state index contributed by atoms with van der Waals surface area (Å²) in [5.41, 5.74) is -0.278. The van der Waals surface area contributed by atoms with Crippen LogP contribution in [0.4, 0.5) is 5.69 Å². The lowest BCUT2D eigenvalue weighted by molar-refractivity contribution is -0.137. The number of hydrogen-bond donors (Lipinski definition) is 1. The SMILES string of the molecule is COCCOc1ccc(NC(=O)[C@](C)(CC(C)C)OC)cc1Cl. The Balaban J connectivity index is 2.76. The van der Waals surface area contributed by atoms with Crippen LogP contribution in [0.5, 0.6) is 5.75 Å². The molecule has 23 heavy (non-hydrogen) atoms. The van der Waals surface area contributed by atoms with E-state index in [1.54, 1.807) is 39.3 Å². The number of anilines is 1. The molecule has 1 amide bonds. The maximum atomic E-state index is 12.5. The quantitative estimate of drug-likeness (QED) is 0.694. The summed E-state index contributed by atoms with van der Waals surface area (Å²) in [6.45, 7) is 6.78. The van der Waals surface area contributed by atoms with Gasteiger partial charge in [0.1, 0.15) is 18.0 Å². The molecule has 0 bridgehead atoms. The van der Waals surface area contributed by atoms with Gasteiger partial charge in [-0.2, -0.15) is 0 Å². The molecule has 130 valence electrons. The number of ether oxygens (including phenoxy) is 3. The molecule has 0 fully saturated rings. The summed E-state index contributed by atoms with van der Waals surface area (Å²) in [6.07, 6.45) is 0.626. The standard InChI is InChI=1S/C17H26ClNO4/c1-12(2)11-17(3,22-5)16(20)19-13-6-7-15(14(18)10-13)23-9-8-21-4/h6-7,10,12H,8-9,11H2,1-5H3,(H,19,20)/t17-/m0/s1. The van der Waals surface area contributed by atoms with Crippen molar-refractivity contribution in [3.8, 4) is 5.75 Å². The number of carbonyl (C=O) groups excluding carboxylic acids is 1. The summed E-state index contributed by atoms with van der Waals surface area (Å²) in [5.74, 6) is 0.696. The van der Waals surface area contributed by atoms with E-state index in [4.69, 9.17) is 25.8 Å². The second kappa shape index (κ2) is 9.11. The van der Waals surface area contributed by atoms with Gasteiger partial charge in [-0.05, 0) is 37.5 Å². The van der Waals surface area contributed by atoms with Crippen LogP contribution in [0, 0.1) is 5.92 Å². The van der Waals surface area contributed by atoms with E-state index in [-0.39, 0.29) is 5.91 Å². The molecule has 0 aliphatic carbocycles. The highest BCUT2D eigenvalue weighted by molar-refractivity contribution is 6.32. The number of methoxy groups -OCH3 is 2. The molecule has 1 atom stereocenters. The van der Waals surface area contributed by atoms with Crippen molar-refractivity contribution in [3.05, 3.63) is 23.2 Å². The summed E-state index contributed by atoms with van der Waals surface area (Å²) < 4.78 is 15.8. The summed E-state index contributed by atoms with van der Waals surface area (Å²) in [6, 6.07) is 5.13. The van der Waals surface area contributed by atoms with E-state index in [2.05, 4.69) is 5.32 Å².